The molecule has 0 bridgehead atoms. The predicted molar refractivity (Wildman–Crippen MR) is 125 cm³/mol. The third kappa shape index (κ3) is 3.98. The number of hydrogen-bond donors (Lipinski definition) is 1. The number of nitrogens with zero attached hydrogens (tertiary/aromatic N) is 6. The number of aromatic nitrogens is 4. The average molecular weight is 487 g/mol. The summed E-state index contributed by atoms with van der Waals surface area (Å²) in [7, 11) is 3.79. The fourth-order valence-corrected chi connectivity index (χ4v) is 4.04. The lowest BCUT2D eigenvalue weighted by molar-refractivity contribution is -0.139. The van der Waals surface area contributed by atoms with Gasteiger partial charge in [-0.1, -0.05) is 30.3 Å². The second-order valence-corrected chi connectivity index (χ2v) is 7.45. The van der Waals surface area contributed by atoms with E-state index in [9.17, 15) is 14.9 Å². The van der Waals surface area contributed by atoms with E-state index in [2.05, 4.69) is 21.6 Å². The summed E-state index contributed by atoms with van der Waals surface area (Å²) < 4.78 is 17.1. The molecule has 3 aromatic rings. The largest absolute Gasteiger partial charge is 0.494 e. The van der Waals surface area contributed by atoms with Crippen molar-refractivity contribution in [1.82, 2.24) is 20.2 Å². The van der Waals surface area contributed by atoms with Crippen LogP contribution < -0.4 is 15.4 Å². The van der Waals surface area contributed by atoms with Crippen LogP contribution in [0.4, 0.5) is 5.69 Å². The molecule has 36 heavy (non-hydrogen) atoms. The Morgan fingerprint density at radius 1 is 1.06 bits per heavy atom. The monoisotopic (exact) mass is 487 g/mol. The number of tetrazole rings is 1. The van der Waals surface area contributed by atoms with Gasteiger partial charge in [-0.3, -0.25) is 4.90 Å². The number of ether oxygens (including phenoxy) is 3. The normalized spacial score (nSPS) is 15.4. The summed E-state index contributed by atoms with van der Waals surface area (Å²) >= 11 is 0. The number of hydrogen-bond acceptors (Lipinski definition) is 11. The molecule has 0 amide bonds. The van der Waals surface area contributed by atoms with Crippen molar-refractivity contribution in [2.45, 2.75) is 5.92 Å². The summed E-state index contributed by atoms with van der Waals surface area (Å²) in [5.74, 6) is -2.47. The Balaban J connectivity index is 2.03. The van der Waals surface area contributed by atoms with Gasteiger partial charge in [-0.15, -0.1) is 5.10 Å². The second-order valence-electron chi connectivity index (χ2n) is 7.45. The molecule has 2 aromatic carbocycles. The van der Waals surface area contributed by atoms with Gasteiger partial charge in [0, 0.05) is 6.07 Å². The van der Waals surface area contributed by atoms with Crippen molar-refractivity contribution in [2.24, 2.45) is 5.73 Å². The maximum absolute atomic E-state index is 13.2. The lowest BCUT2D eigenvalue weighted by Crippen LogP contribution is -2.41. The third-order valence-electron chi connectivity index (χ3n) is 5.63. The number of benzene rings is 2. The van der Waals surface area contributed by atoms with Gasteiger partial charge in [-0.25, -0.2) is 14.3 Å². The molecular weight excluding hydrogens is 466 g/mol. The van der Waals surface area contributed by atoms with Crippen LogP contribution in [0.2, 0.25) is 0 Å². The predicted octanol–water partition coefficient (Wildman–Crippen LogP) is 1.57. The zero-order valence-electron chi connectivity index (χ0n) is 19.6. The van der Waals surface area contributed by atoms with E-state index in [1.807, 2.05) is 0 Å². The summed E-state index contributed by atoms with van der Waals surface area (Å²) in [6.07, 6.45) is 1.40. The maximum atomic E-state index is 13.2. The minimum absolute atomic E-state index is 0.0425. The minimum atomic E-state index is -0.972. The van der Waals surface area contributed by atoms with Crippen LogP contribution in [-0.2, 0) is 19.1 Å². The number of nitrogens with two attached hydrogens (primary N) is 1. The molecule has 2 heterocycles. The molecule has 12 heteroatoms. The first-order chi connectivity index (χ1) is 17.5. The van der Waals surface area contributed by atoms with Crippen molar-refractivity contribution in [3.05, 3.63) is 83.1 Å². The molecule has 2 N–H and O–H groups in total. The number of anilines is 1. The van der Waals surface area contributed by atoms with Crippen molar-refractivity contribution < 1.29 is 23.8 Å². The van der Waals surface area contributed by atoms with Gasteiger partial charge in [0.05, 0.1) is 55.8 Å². The highest BCUT2D eigenvalue weighted by Gasteiger charge is 2.43. The Morgan fingerprint density at radius 3 is 2.36 bits per heavy atom. The Bertz CT molecular complexity index is 1410. The van der Waals surface area contributed by atoms with Crippen molar-refractivity contribution in [3.8, 4) is 17.5 Å². The number of carbonyl (C=O) groups excluding carboxylic acids is 2. The molecule has 1 unspecified atom stereocenters. The van der Waals surface area contributed by atoms with Gasteiger partial charge in [0.25, 0.3) is 0 Å². The third-order valence-corrected chi connectivity index (χ3v) is 5.63. The van der Waals surface area contributed by atoms with Gasteiger partial charge < -0.3 is 19.9 Å². The summed E-state index contributed by atoms with van der Waals surface area (Å²) in [5, 5.41) is 21.2. The van der Waals surface area contributed by atoms with Crippen molar-refractivity contribution >= 4 is 17.6 Å². The van der Waals surface area contributed by atoms with E-state index < -0.39 is 17.9 Å². The highest BCUT2D eigenvalue weighted by molar-refractivity contribution is 6.06. The molecule has 12 nitrogen and oxygen atoms in total. The van der Waals surface area contributed by atoms with E-state index in [-0.39, 0.29) is 34.1 Å². The molecular formula is C24H21N7O5. The molecule has 1 atom stereocenters. The van der Waals surface area contributed by atoms with Crippen LogP contribution in [0.3, 0.4) is 0 Å². The van der Waals surface area contributed by atoms with Crippen molar-refractivity contribution in [2.75, 3.05) is 26.2 Å². The topological polar surface area (TPSA) is 158 Å². The zero-order chi connectivity index (χ0) is 25.8. The van der Waals surface area contributed by atoms with Crippen LogP contribution in [0.1, 0.15) is 11.5 Å². The number of nitriles is 1. The maximum Gasteiger partial charge on any atom is 0.355 e. The SMILES string of the molecule is COC(=O)C1=C(C(=O)OC)N(c2ccc(-n3cnnn3)cc2OC)C(N)=C(C#N)C1c1ccccc1. The van der Waals surface area contributed by atoms with Gasteiger partial charge in [-0.05, 0) is 28.1 Å². The van der Waals surface area contributed by atoms with Crippen LogP contribution in [-0.4, -0.2) is 53.5 Å². The van der Waals surface area contributed by atoms with Crippen LogP contribution >= 0.6 is 0 Å². The molecule has 0 saturated carbocycles. The van der Waals surface area contributed by atoms with Crippen LogP contribution in [0.25, 0.3) is 5.69 Å². The lowest BCUT2D eigenvalue weighted by Gasteiger charge is -2.36. The van der Waals surface area contributed by atoms with Gasteiger partial charge >= 0.3 is 11.9 Å². The molecule has 4 rings (SSSR count). The van der Waals surface area contributed by atoms with Crippen LogP contribution in [0.15, 0.2) is 77.5 Å². The Hall–Kier alpha value is -5.18. The Kier molecular flexibility index (Phi) is 6.64. The average Bonchev–Trinajstić information content (AvgIpc) is 3.47. The van der Waals surface area contributed by atoms with Gasteiger partial charge in [0.2, 0.25) is 0 Å². The summed E-state index contributed by atoms with van der Waals surface area (Å²) in [4.78, 5) is 27.6. The van der Waals surface area contributed by atoms with Gasteiger partial charge in [0.1, 0.15) is 23.6 Å². The van der Waals surface area contributed by atoms with Gasteiger partial charge in [0.15, 0.2) is 0 Å². The number of allylic oxidation sites excluding steroid dienone is 1. The first kappa shape index (κ1) is 24.0. The second kappa shape index (κ2) is 9.98. The van der Waals surface area contributed by atoms with Crippen LogP contribution in [0.5, 0.6) is 5.75 Å². The molecule has 1 aliphatic heterocycles. The molecule has 0 saturated heterocycles. The van der Waals surface area contributed by atoms with E-state index in [0.717, 1.165) is 0 Å². The van der Waals surface area contributed by atoms with Crippen LogP contribution in [0, 0.1) is 11.3 Å². The van der Waals surface area contributed by atoms with E-state index in [0.29, 0.717) is 11.3 Å². The molecule has 1 aliphatic rings. The highest BCUT2D eigenvalue weighted by atomic mass is 16.5. The quantitative estimate of drug-likeness (QED) is 0.503. The van der Waals surface area contributed by atoms with Crippen molar-refractivity contribution in [1.29, 1.82) is 5.26 Å². The summed E-state index contributed by atoms with van der Waals surface area (Å²) in [6, 6.07) is 15.7. The lowest BCUT2D eigenvalue weighted by atomic mass is 9.81. The first-order valence-corrected chi connectivity index (χ1v) is 10.5. The standard InChI is InChI=1S/C24H21N7O5/c1-34-18-11-15(30-13-27-28-29-30)9-10-17(18)31-21(24(33)36-3)20(23(32)35-2)19(16(12-25)22(31)26)14-7-5-4-6-8-14/h4-11,13,19H,26H2,1-3H3. The molecule has 0 spiro atoms. The molecule has 0 aliphatic carbocycles. The van der Waals surface area contributed by atoms with E-state index >= 15 is 0 Å². The molecule has 1 aromatic heterocycles. The first-order valence-electron chi connectivity index (χ1n) is 10.5. The Morgan fingerprint density at radius 2 is 1.78 bits per heavy atom. The number of methoxy groups -OCH3 is 3. The molecule has 0 radical (unpaired) electrons. The summed E-state index contributed by atoms with van der Waals surface area (Å²) in [5.41, 5.74) is 7.66. The highest BCUT2D eigenvalue weighted by Crippen LogP contribution is 2.45. The molecule has 182 valence electrons. The van der Waals surface area contributed by atoms with E-state index in [1.54, 1.807) is 48.5 Å². The smallest absolute Gasteiger partial charge is 0.355 e. The van der Waals surface area contributed by atoms with E-state index in [4.69, 9.17) is 19.9 Å². The fraction of sp³-hybridized carbons (Fsp3) is 0.167. The van der Waals surface area contributed by atoms with Gasteiger partial charge in [-0.2, -0.15) is 5.26 Å². The number of esters is 2. The fourth-order valence-electron chi connectivity index (χ4n) is 4.04. The Labute approximate surface area is 205 Å². The molecule has 0 fully saturated rings. The zero-order valence-corrected chi connectivity index (χ0v) is 19.6. The number of carbonyl (C=O) groups is 2. The van der Waals surface area contributed by atoms with Crippen molar-refractivity contribution in [3.63, 3.8) is 0 Å². The number of rotatable bonds is 6. The summed E-state index contributed by atoms with van der Waals surface area (Å²) in [6.45, 7) is 0. The van der Waals surface area contributed by atoms with E-state index in [1.165, 1.54) is 37.2 Å². The minimum Gasteiger partial charge on any atom is -0.494 e.